The average molecular weight is 271 g/mol. The molecule has 1 rings (SSSR count). The van der Waals surface area contributed by atoms with E-state index in [1.54, 1.807) is 7.11 Å². The Hall–Kier alpha value is -0.650. The maximum absolute atomic E-state index is 11.8. The Labute approximate surface area is 117 Å². The highest BCUT2D eigenvalue weighted by molar-refractivity contribution is 5.81. The molecule has 0 aliphatic carbocycles. The van der Waals surface area contributed by atoms with E-state index >= 15 is 0 Å². The third-order valence-electron chi connectivity index (χ3n) is 3.77. The van der Waals surface area contributed by atoms with Gasteiger partial charge in [0.15, 0.2) is 0 Å². The summed E-state index contributed by atoms with van der Waals surface area (Å²) < 4.78 is 4.95. The molecule has 1 heterocycles. The summed E-state index contributed by atoms with van der Waals surface area (Å²) in [5.41, 5.74) is 0. The first kappa shape index (κ1) is 16.4. The lowest BCUT2D eigenvalue weighted by Crippen LogP contribution is -2.45. The van der Waals surface area contributed by atoms with Gasteiger partial charge in [-0.2, -0.15) is 0 Å². The zero-order chi connectivity index (χ0) is 14.1. The molecule has 1 amide bonds. The molecule has 1 fully saturated rings. The van der Waals surface area contributed by atoms with Crippen molar-refractivity contribution in [2.45, 2.75) is 32.2 Å². The highest BCUT2D eigenvalue weighted by Crippen LogP contribution is 2.14. The number of carbonyl (C=O) groups is 1. The fourth-order valence-electron chi connectivity index (χ4n) is 2.28. The lowest BCUT2D eigenvalue weighted by Gasteiger charge is -2.29. The highest BCUT2D eigenvalue weighted by atomic mass is 16.5. The number of carbonyl (C=O) groups excluding carboxylic acids is 1. The highest BCUT2D eigenvalue weighted by Gasteiger charge is 2.18. The zero-order valence-electron chi connectivity index (χ0n) is 12.6. The third kappa shape index (κ3) is 6.89. The van der Waals surface area contributed by atoms with E-state index in [-0.39, 0.29) is 11.9 Å². The largest absolute Gasteiger partial charge is 0.385 e. The zero-order valence-corrected chi connectivity index (χ0v) is 12.6. The predicted octanol–water partition coefficient (Wildman–Crippen LogP) is 0.459. The number of methoxy groups -OCH3 is 1. The standard InChI is InChI=1S/C14H29N3O2/c1-12(14(18)15-7-4-10-19-3)16-11-13-5-8-17(2)9-6-13/h12-13,16H,4-11H2,1-3H3,(H,15,18). The van der Waals surface area contributed by atoms with Gasteiger partial charge in [-0.05, 0) is 58.8 Å². The Kier molecular flexibility index (Phi) is 8.02. The summed E-state index contributed by atoms with van der Waals surface area (Å²) in [6, 6.07) is -0.109. The van der Waals surface area contributed by atoms with Gasteiger partial charge in [-0.15, -0.1) is 0 Å². The lowest BCUT2D eigenvalue weighted by atomic mass is 9.97. The number of nitrogens with zero attached hydrogens (tertiary/aromatic N) is 1. The van der Waals surface area contributed by atoms with Crippen LogP contribution >= 0.6 is 0 Å². The molecule has 0 saturated carbocycles. The normalized spacial score (nSPS) is 19.3. The molecule has 0 spiro atoms. The summed E-state index contributed by atoms with van der Waals surface area (Å²) in [4.78, 5) is 14.2. The molecule has 1 unspecified atom stereocenters. The Morgan fingerprint density at radius 1 is 1.42 bits per heavy atom. The number of ether oxygens (including phenoxy) is 1. The summed E-state index contributed by atoms with van der Waals surface area (Å²) >= 11 is 0. The van der Waals surface area contributed by atoms with E-state index in [4.69, 9.17) is 4.74 Å². The SMILES string of the molecule is COCCCNC(=O)C(C)NCC1CCN(C)CC1. The smallest absolute Gasteiger partial charge is 0.236 e. The first-order chi connectivity index (χ1) is 9.13. The number of hydrogen-bond donors (Lipinski definition) is 2. The minimum Gasteiger partial charge on any atom is -0.385 e. The first-order valence-corrected chi connectivity index (χ1v) is 7.32. The minimum absolute atomic E-state index is 0.0871. The molecule has 0 bridgehead atoms. The van der Waals surface area contributed by atoms with Crippen LogP contribution in [-0.2, 0) is 9.53 Å². The Morgan fingerprint density at radius 3 is 2.74 bits per heavy atom. The van der Waals surface area contributed by atoms with Gasteiger partial charge < -0.3 is 20.3 Å². The van der Waals surface area contributed by atoms with Gasteiger partial charge in [0.05, 0.1) is 6.04 Å². The van der Waals surface area contributed by atoms with Crippen LogP contribution in [0.3, 0.4) is 0 Å². The number of likely N-dealkylation sites (tertiary alicyclic amines) is 1. The van der Waals surface area contributed by atoms with Gasteiger partial charge in [0, 0.05) is 20.3 Å². The molecule has 0 aromatic rings. The number of nitrogens with one attached hydrogen (secondary N) is 2. The summed E-state index contributed by atoms with van der Waals surface area (Å²) in [7, 11) is 3.84. The number of rotatable bonds is 8. The molecule has 1 saturated heterocycles. The van der Waals surface area contributed by atoms with Crippen LogP contribution < -0.4 is 10.6 Å². The van der Waals surface area contributed by atoms with Crippen molar-refractivity contribution in [3.8, 4) is 0 Å². The Morgan fingerprint density at radius 2 is 2.11 bits per heavy atom. The van der Waals surface area contributed by atoms with Crippen LogP contribution in [0.5, 0.6) is 0 Å². The molecule has 0 radical (unpaired) electrons. The maximum atomic E-state index is 11.8. The van der Waals surface area contributed by atoms with Crippen LogP contribution in [0, 0.1) is 5.92 Å². The summed E-state index contributed by atoms with van der Waals surface area (Å²) in [5.74, 6) is 0.795. The van der Waals surface area contributed by atoms with Crippen molar-refractivity contribution in [1.82, 2.24) is 15.5 Å². The van der Waals surface area contributed by atoms with E-state index in [1.807, 2.05) is 6.92 Å². The van der Waals surface area contributed by atoms with Crippen molar-refractivity contribution < 1.29 is 9.53 Å². The molecule has 2 N–H and O–H groups in total. The van der Waals surface area contributed by atoms with Crippen molar-refractivity contribution in [1.29, 1.82) is 0 Å². The van der Waals surface area contributed by atoms with E-state index in [0.717, 1.165) is 13.0 Å². The summed E-state index contributed by atoms with van der Waals surface area (Å²) in [5, 5.41) is 6.27. The van der Waals surface area contributed by atoms with E-state index in [9.17, 15) is 4.79 Å². The van der Waals surface area contributed by atoms with E-state index in [0.29, 0.717) is 19.1 Å². The summed E-state index contributed by atoms with van der Waals surface area (Å²) in [6.07, 6.45) is 3.32. The van der Waals surface area contributed by atoms with Gasteiger partial charge >= 0.3 is 0 Å². The number of hydrogen-bond acceptors (Lipinski definition) is 4. The third-order valence-corrected chi connectivity index (χ3v) is 3.77. The topological polar surface area (TPSA) is 53.6 Å². The van der Waals surface area contributed by atoms with Crippen molar-refractivity contribution in [2.75, 3.05) is 46.9 Å². The Bertz CT molecular complexity index is 253. The van der Waals surface area contributed by atoms with Crippen molar-refractivity contribution in [3.05, 3.63) is 0 Å². The van der Waals surface area contributed by atoms with Crippen molar-refractivity contribution in [3.63, 3.8) is 0 Å². The fourth-order valence-corrected chi connectivity index (χ4v) is 2.28. The predicted molar refractivity (Wildman–Crippen MR) is 77.2 cm³/mol. The molecule has 19 heavy (non-hydrogen) atoms. The molecular formula is C14H29N3O2. The number of amides is 1. The fraction of sp³-hybridized carbons (Fsp3) is 0.929. The van der Waals surface area contributed by atoms with E-state index < -0.39 is 0 Å². The molecule has 1 atom stereocenters. The van der Waals surface area contributed by atoms with Crippen LogP contribution in [0.25, 0.3) is 0 Å². The second kappa shape index (κ2) is 9.28. The maximum Gasteiger partial charge on any atom is 0.236 e. The van der Waals surface area contributed by atoms with Crippen molar-refractivity contribution in [2.24, 2.45) is 5.92 Å². The molecule has 0 aromatic carbocycles. The minimum atomic E-state index is -0.109. The average Bonchev–Trinajstić information content (AvgIpc) is 2.42. The van der Waals surface area contributed by atoms with Gasteiger partial charge in [0.1, 0.15) is 0 Å². The lowest BCUT2D eigenvalue weighted by molar-refractivity contribution is -0.122. The molecule has 5 nitrogen and oxygen atoms in total. The molecule has 5 heteroatoms. The first-order valence-electron chi connectivity index (χ1n) is 7.32. The van der Waals surface area contributed by atoms with Gasteiger partial charge in [-0.1, -0.05) is 0 Å². The monoisotopic (exact) mass is 271 g/mol. The van der Waals surface area contributed by atoms with Crippen LogP contribution in [0.2, 0.25) is 0 Å². The van der Waals surface area contributed by atoms with Gasteiger partial charge in [-0.3, -0.25) is 4.79 Å². The molecule has 1 aliphatic heterocycles. The Balaban J connectivity index is 2.09. The second-order valence-corrected chi connectivity index (χ2v) is 5.51. The van der Waals surface area contributed by atoms with Gasteiger partial charge in [-0.25, -0.2) is 0 Å². The van der Waals surface area contributed by atoms with Crippen LogP contribution in [0.15, 0.2) is 0 Å². The van der Waals surface area contributed by atoms with E-state index in [1.165, 1.54) is 25.9 Å². The number of piperidine rings is 1. The van der Waals surface area contributed by atoms with Crippen LogP contribution in [-0.4, -0.2) is 63.8 Å². The van der Waals surface area contributed by atoms with Gasteiger partial charge in [0.2, 0.25) is 5.91 Å². The molecular weight excluding hydrogens is 242 g/mol. The molecule has 1 aliphatic rings. The molecule has 0 aromatic heterocycles. The van der Waals surface area contributed by atoms with Crippen LogP contribution in [0.4, 0.5) is 0 Å². The van der Waals surface area contributed by atoms with Crippen molar-refractivity contribution >= 4 is 5.91 Å². The quantitative estimate of drug-likeness (QED) is 0.630. The van der Waals surface area contributed by atoms with Gasteiger partial charge in [0.25, 0.3) is 0 Å². The summed E-state index contributed by atoms with van der Waals surface area (Å²) in [6.45, 7) is 6.60. The van der Waals surface area contributed by atoms with E-state index in [2.05, 4.69) is 22.6 Å². The second-order valence-electron chi connectivity index (χ2n) is 5.51. The van der Waals surface area contributed by atoms with Crippen LogP contribution in [0.1, 0.15) is 26.2 Å². The molecule has 112 valence electrons.